The Morgan fingerprint density at radius 1 is 1.43 bits per heavy atom. The Kier molecular flexibility index (Phi) is 5.22. The predicted octanol–water partition coefficient (Wildman–Crippen LogP) is 2.26. The van der Waals surface area contributed by atoms with Crippen LogP contribution in [0.2, 0.25) is 5.02 Å². The van der Waals surface area contributed by atoms with E-state index >= 15 is 0 Å². The average molecular weight is 329 g/mol. The molecule has 7 heteroatoms. The van der Waals surface area contributed by atoms with E-state index in [-0.39, 0.29) is 15.5 Å². The van der Waals surface area contributed by atoms with E-state index in [1.807, 2.05) is 6.07 Å². The number of rotatable bonds is 4. The van der Waals surface area contributed by atoms with Gasteiger partial charge in [-0.05, 0) is 37.0 Å². The van der Waals surface area contributed by atoms with E-state index in [9.17, 15) is 8.42 Å². The summed E-state index contributed by atoms with van der Waals surface area (Å²) in [5.41, 5.74) is 0.284. The van der Waals surface area contributed by atoms with Gasteiger partial charge in [0.1, 0.15) is 4.90 Å². The van der Waals surface area contributed by atoms with E-state index in [1.54, 1.807) is 7.11 Å². The number of nitrogens with zero attached hydrogens (tertiary/aromatic N) is 2. The van der Waals surface area contributed by atoms with Crippen LogP contribution in [0.25, 0.3) is 0 Å². The van der Waals surface area contributed by atoms with Crippen molar-refractivity contribution in [2.75, 3.05) is 26.8 Å². The molecule has 2 rings (SSSR count). The van der Waals surface area contributed by atoms with Gasteiger partial charge in [-0.1, -0.05) is 11.6 Å². The van der Waals surface area contributed by atoms with Gasteiger partial charge in [0.05, 0.1) is 16.7 Å². The van der Waals surface area contributed by atoms with Crippen LogP contribution in [0.1, 0.15) is 18.4 Å². The highest BCUT2D eigenvalue weighted by Gasteiger charge is 2.31. The molecule has 0 saturated carbocycles. The van der Waals surface area contributed by atoms with Gasteiger partial charge in [0.25, 0.3) is 0 Å². The molecule has 1 aromatic carbocycles. The number of nitriles is 1. The molecule has 1 aromatic rings. The van der Waals surface area contributed by atoms with Crippen LogP contribution >= 0.6 is 11.6 Å². The van der Waals surface area contributed by atoms with Crippen LogP contribution in [-0.4, -0.2) is 39.5 Å². The molecular weight excluding hydrogens is 312 g/mol. The molecule has 0 bridgehead atoms. The number of piperidine rings is 1. The summed E-state index contributed by atoms with van der Waals surface area (Å²) in [4.78, 5) is 0.00779. The Morgan fingerprint density at radius 2 is 2.10 bits per heavy atom. The molecule has 1 aliphatic heterocycles. The first kappa shape index (κ1) is 16.2. The normalized spacial score (nSPS) is 17.6. The lowest BCUT2D eigenvalue weighted by Gasteiger charge is -2.31. The molecular formula is C14H17ClN2O3S. The summed E-state index contributed by atoms with van der Waals surface area (Å²) in [6.07, 6.45) is 1.53. The Labute approximate surface area is 130 Å². The van der Waals surface area contributed by atoms with Crippen LogP contribution in [0.15, 0.2) is 23.1 Å². The number of benzene rings is 1. The van der Waals surface area contributed by atoms with Crippen molar-refractivity contribution in [2.45, 2.75) is 17.7 Å². The van der Waals surface area contributed by atoms with Gasteiger partial charge in [-0.2, -0.15) is 9.57 Å². The maximum absolute atomic E-state index is 12.6. The third-order valence-corrected chi connectivity index (χ3v) is 6.03. The third kappa shape index (κ3) is 3.55. The Balaban J connectivity index is 2.22. The van der Waals surface area contributed by atoms with Crippen LogP contribution < -0.4 is 0 Å². The van der Waals surface area contributed by atoms with Gasteiger partial charge in [-0.25, -0.2) is 8.42 Å². The molecule has 21 heavy (non-hydrogen) atoms. The fourth-order valence-electron chi connectivity index (χ4n) is 2.46. The lowest BCUT2D eigenvalue weighted by molar-refractivity contribution is 0.121. The number of hydrogen-bond donors (Lipinski definition) is 0. The summed E-state index contributed by atoms with van der Waals surface area (Å²) in [5, 5.41) is 9.05. The van der Waals surface area contributed by atoms with Gasteiger partial charge in [0.2, 0.25) is 10.0 Å². The zero-order valence-corrected chi connectivity index (χ0v) is 13.3. The van der Waals surface area contributed by atoms with E-state index in [4.69, 9.17) is 21.6 Å². The first-order valence-corrected chi connectivity index (χ1v) is 8.49. The van der Waals surface area contributed by atoms with E-state index in [0.717, 1.165) is 12.8 Å². The van der Waals surface area contributed by atoms with E-state index in [2.05, 4.69) is 0 Å². The van der Waals surface area contributed by atoms with Crippen molar-refractivity contribution in [1.29, 1.82) is 5.26 Å². The molecule has 0 aliphatic carbocycles. The molecule has 0 radical (unpaired) electrons. The van der Waals surface area contributed by atoms with Crippen molar-refractivity contribution in [2.24, 2.45) is 5.92 Å². The second kappa shape index (κ2) is 6.75. The van der Waals surface area contributed by atoms with Gasteiger partial charge in [0.15, 0.2) is 0 Å². The lowest BCUT2D eigenvalue weighted by atomic mass is 9.99. The summed E-state index contributed by atoms with van der Waals surface area (Å²) in [5.74, 6) is 0.391. The van der Waals surface area contributed by atoms with Crippen molar-refractivity contribution in [3.63, 3.8) is 0 Å². The molecule has 0 aromatic heterocycles. The summed E-state index contributed by atoms with van der Waals surface area (Å²) in [7, 11) is -2.01. The molecule has 0 atom stereocenters. The first-order valence-electron chi connectivity index (χ1n) is 6.67. The Hall–Kier alpha value is -1.13. The molecule has 1 saturated heterocycles. The molecule has 0 N–H and O–H groups in total. The largest absolute Gasteiger partial charge is 0.384 e. The van der Waals surface area contributed by atoms with Crippen LogP contribution in [-0.2, 0) is 14.8 Å². The molecule has 0 amide bonds. The number of hydrogen-bond acceptors (Lipinski definition) is 4. The highest BCUT2D eigenvalue weighted by atomic mass is 35.5. The zero-order valence-electron chi connectivity index (χ0n) is 11.8. The summed E-state index contributed by atoms with van der Waals surface area (Å²) in [6, 6.07) is 6.22. The van der Waals surface area contributed by atoms with E-state index in [1.165, 1.54) is 22.5 Å². The van der Waals surface area contributed by atoms with Crippen molar-refractivity contribution in [3.8, 4) is 6.07 Å². The van der Waals surface area contributed by atoms with Gasteiger partial charge in [-0.3, -0.25) is 0 Å². The SMILES string of the molecule is COCC1CCN(S(=O)(=O)c2cc(C#N)ccc2Cl)CC1. The second-order valence-corrected chi connectivity index (χ2v) is 7.37. The maximum atomic E-state index is 12.6. The highest BCUT2D eigenvalue weighted by molar-refractivity contribution is 7.89. The Morgan fingerprint density at radius 3 is 2.67 bits per heavy atom. The number of halogens is 1. The quantitative estimate of drug-likeness (QED) is 0.850. The smallest absolute Gasteiger partial charge is 0.244 e. The summed E-state index contributed by atoms with van der Waals surface area (Å²) >= 11 is 6.00. The number of methoxy groups -OCH3 is 1. The molecule has 5 nitrogen and oxygen atoms in total. The molecule has 0 spiro atoms. The topological polar surface area (TPSA) is 70.4 Å². The van der Waals surface area contributed by atoms with Crippen molar-refractivity contribution < 1.29 is 13.2 Å². The fraction of sp³-hybridized carbons (Fsp3) is 0.500. The molecule has 0 unspecified atom stereocenters. The molecule has 1 heterocycles. The fourth-order valence-corrected chi connectivity index (χ4v) is 4.43. The summed E-state index contributed by atoms with van der Waals surface area (Å²) in [6.45, 7) is 1.55. The summed E-state index contributed by atoms with van der Waals surface area (Å²) < 4.78 is 31.8. The van der Waals surface area contributed by atoms with Crippen molar-refractivity contribution in [1.82, 2.24) is 4.31 Å². The van der Waals surface area contributed by atoms with Gasteiger partial charge in [0, 0.05) is 26.8 Å². The average Bonchev–Trinajstić information content (AvgIpc) is 2.48. The van der Waals surface area contributed by atoms with Crippen molar-refractivity contribution in [3.05, 3.63) is 28.8 Å². The number of ether oxygens (including phenoxy) is 1. The van der Waals surface area contributed by atoms with Gasteiger partial charge in [-0.15, -0.1) is 0 Å². The Bertz CT molecular complexity index is 647. The monoisotopic (exact) mass is 328 g/mol. The highest BCUT2D eigenvalue weighted by Crippen LogP contribution is 2.29. The third-order valence-electron chi connectivity index (χ3n) is 3.65. The van der Waals surface area contributed by atoms with E-state index in [0.29, 0.717) is 25.6 Å². The number of sulfonamides is 1. The molecule has 1 aliphatic rings. The minimum absolute atomic E-state index is 0.00779. The van der Waals surface area contributed by atoms with Crippen LogP contribution in [0.3, 0.4) is 0 Å². The predicted molar refractivity (Wildman–Crippen MR) is 79.5 cm³/mol. The lowest BCUT2D eigenvalue weighted by Crippen LogP contribution is -2.39. The van der Waals surface area contributed by atoms with E-state index < -0.39 is 10.0 Å². The van der Waals surface area contributed by atoms with Gasteiger partial charge >= 0.3 is 0 Å². The van der Waals surface area contributed by atoms with Crippen molar-refractivity contribution >= 4 is 21.6 Å². The van der Waals surface area contributed by atoms with Crippen LogP contribution in [0.5, 0.6) is 0 Å². The van der Waals surface area contributed by atoms with Crippen LogP contribution in [0, 0.1) is 17.2 Å². The second-order valence-electron chi connectivity index (χ2n) is 5.06. The zero-order chi connectivity index (χ0) is 15.5. The van der Waals surface area contributed by atoms with Gasteiger partial charge < -0.3 is 4.74 Å². The standard InChI is InChI=1S/C14H17ClN2O3S/c1-20-10-11-4-6-17(7-5-11)21(18,19)14-8-12(9-16)2-3-13(14)15/h2-3,8,11H,4-7,10H2,1H3. The molecule has 114 valence electrons. The van der Waals surface area contributed by atoms with Crippen LogP contribution in [0.4, 0.5) is 0 Å². The molecule has 1 fully saturated rings. The minimum Gasteiger partial charge on any atom is -0.384 e. The maximum Gasteiger partial charge on any atom is 0.244 e. The first-order chi connectivity index (χ1) is 9.98. The minimum atomic E-state index is -3.65.